The van der Waals surface area contributed by atoms with Gasteiger partial charge in [-0.2, -0.15) is 0 Å². The van der Waals surface area contributed by atoms with Crippen molar-refractivity contribution in [2.75, 3.05) is 0 Å². The molecule has 10 heavy (non-hydrogen) atoms. The van der Waals surface area contributed by atoms with Crippen molar-refractivity contribution in [1.29, 1.82) is 0 Å². The van der Waals surface area contributed by atoms with Gasteiger partial charge in [0.25, 0.3) is 0 Å². The van der Waals surface area contributed by atoms with Crippen LogP contribution in [0.2, 0.25) is 8.57 Å². The molecule has 1 aliphatic heterocycles. The normalized spacial score (nSPS) is 29.0. The van der Waals surface area contributed by atoms with E-state index in [1.807, 2.05) is 0 Å². The number of hydrogen-bond donors (Lipinski definition) is 0. The SMILES string of the molecule is [Si]C1([Si])CCC([Si])([Si])[Si]1=S. The molecule has 0 amide bonds. The molecule has 12 radical (unpaired) electrons. The van der Waals surface area contributed by atoms with Crippen molar-refractivity contribution in [2.24, 2.45) is 0 Å². The average Bonchev–Trinajstić information content (AvgIpc) is 1.95. The first-order valence-electron chi connectivity index (χ1n) is 2.91. The van der Waals surface area contributed by atoms with Gasteiger partial charge in [0.1, 0.15) is 0 Å². The van der Waals surface area contributed by atoms with E-state index in [0.717, 1.165) is 12.8 Å². The molecule has 0 N–H and O–H groups in total. The smallest absolute Gasteiger partial charge is 0.0928 e. The standard InChI is InChI=1S/C4H4SSi5/c5-10-3(6,7)1-2-4(10,8)9/h1-2H2. The highest BCUT2D eigenvalue weighted by atomic mass is 32.2. The lowest BCUT2D eigenvalue weighted by Crippen LogP contribution is -2.28. The predicted octanol–water partition coefficient (Wildman–Crippen LogP) is -0.0460. The van der Waals surface area contributed by atoms with Crippen LogP contribution in [0.5, 0.6) is 0 Å². The highest BCUT2D eigenvalue weighted by molar-refractivity contribution is 7.90. The maximum Gasteiger partial charge on any atom is 0.0928 e. The fraction of sp³-hybridized carbons (Fsp3) is 1.00. The monoisotopic (exact) mass is 224 g/mol. The Morgan fingerprint density at radius 1 is 1.00 bits per heavy atom. The van der Waals surface area contributed by atoms with E-state index < -0.39 is 7.50 Å². The fourth-order valence-electron chi connectivity index (χ4n) is 0.966. The number of hydrogen-bond acceptors (Lipinski definition) is 1. The minimum Gasteiger partial charge on any atom is -0.140 e. The Kier molecular flexibility index (Phi) is 2.50. The lowest BCUT2D eigenvalue weighted by atomic mass is 10.4. The third-order valence-corrected chi connectivity index (χ3v) is 12.0. The molecule has 0 bridgehead atoms. The second-order valence-electron chi connectivity index (χ2n) is 2.64. The molecule has 6 heteroatoms. The van der Waals surface area contributed by atoms with Gasteiger partial charge in [-0.05, 0) is 8.57 Å². The van der Waals surface area contributed by atoms with Crippen LogP contribution in [0.3, 0.4) is 0 Å². The molecule has 46 valence electrons. The summed E-state index contributed by atoms with van der Waals surface area (Å²) in [6.45, 7) is 0. The Hall–Kier alpha value is 1.30. The van der Waals surface area contributed by atoms with Gasteiger partial charge in [-0.1, -0.05) is 12.8 Å². The zero-order chi connectivity index (χ0) is 7.99. The summed E-state index contributed by atoms with van der Waals surface area (Å²) < 4.78 is 0.0347. The van der Waals surface area contributed by atoms with Gasteiger partial charge < -0.3 is 0 Å². The Morgan fingerprint density at radius 3 is 1.40 bits per heavy atom. The topological polar surface area (TPSA) is 0 Å². The summed E-state index contributed by atoms with van der Waals surface area (Å²) in [6, 6.07) is 0. The molecule has 0 unspecified atom stereocenters. The van der Waals surface area contributed by atoms with E-state index in [0.29, 0.717) is 0 Å². The highest BCUT2D eigenvalue weighted by Crippen LogP contribution is 2.46. The van der Waals surface area contributed by atoms with E-state index in [2.05, 4.69) is 41.0 Å². The van der Waals surface area contributed by atoms with E-state index in [4.69, 9.17) is 11.6 Å². The summed E-state index contributed by atoms with van der Waals surface area (Å²) in [5, 5.41) is 0. The van der Waals surface area contributed by atoms with Crippen LogP contribution in [-0.4, -0.2) is 48.5 Å². The lowest BCUT2D eigenvalue weighted by molar-refractivity contribution is 0.822. The van der Waals surface area contributed by atoms with Crippen molar-refractivity contribution >= 4 is 60.1 Å². The molecule has 0 nitrogen and oxygen atoms in total. The van der Waals surface area contributed by atoms with Crippen LogP contribution in [0, 0.1) is 0 Å². The van der Waals surface area contributed by atoms with Gasteiger partial charge in [-0.15, -0.1) is 11.6 Å². The first kappa shape index (κ1) is 9.39. The van der Waals surface area contributed by atoms with Gasteiger partial charge in [0.2, 0.25) is 0 Å². The third-order valence-electron chi connectivity index (χ3n) is 1.65. The molecule has 0 spiro atoms. The minimum atomic E-state index is -0.872. The third kappa shape index (κ3) is 1.56. The largest absolute Gasteiger partial charge is 0.140 e. The van der Waals surface area contributed by atoms with Gasteiger partial charge in [0, 0.05) is 41.0 Å². The van der Waals surface area contributed by atoms with Gasteiger partial charge in [-0.3, -0.25) is 0 Å². The quantitative estimate of drug-likeness (QED) is 0.520. The maximum atomic E-state index is 5.38. The molecular weight excluding hydrogens is 221 g/mol. The molecule has 0 aromatic heterocycles. The van der Waals surface area contributed by atoms with E-state index in [-0.39, 0.29) is 8.57 Å². The van der Waals surface area contributed by atoms with Crippen LogP contribution in [0.25, 0.3) is 0 Å². The maximum absolute atomic E-state index is 5.38. The zero-order valence-electron chi connectivity index (χ0n) is 5.32. The molecule has 1 aliphatic rings. The summed E-state index contributed by atoms with van der Waals surface area (Å²) in [7, 11) is 13.6. The van der Waals surface area contributed by atoms with Crippen LogP contribution in [0.4, 0.5) is 0 Å². The van der Waals surface area contributed by atoms with E-state index in [9.17, 15) is 0 Å². The summed E-state index contributed by atoms with van der Waals surface area (Å²) in [5.74, 6) is 0. The summed E-state index contributed by atoms with van der Waals surface area (Å²) in [4.78, 5) is 0. The van der Waals surface area contributed by atoms with Crippen LogP contribution in [0.1, 0.15) is 12.8 Å². The molecule has 1 saturated heterocycles. The van der Waals surface area contributed by atoms with Crippen molar-refractivity contribution in [3.63, 3.8) is 0 Å². The molecule has 1 heterocycles. The molecule has 0 aliphatic carbocycles. The molecule has 0 atom stereocenters. The highest BCUT2D eigenvalue weighted by Gasteiger charge is 2.43. The molecule has 0 aromatic rings. The molecule has 1 rings (SSSR count). The summed E-state index contributed by atoms with van der Waals surface area (Å²) in [5.41, 5.74) is 0. The minimum absolute atomic E-state index is 0.0174. The lowest BCUT2D eigenvalue weighted by Gasteiger charge is -2.21. The Bertz CT molecular complexity index is 156. The Labute approximate surface area is 81.4 Å². The average molecular weight is 225 g/mol. The van der Waals surface area contributed by atoms with E-state index >= 15 is 0 Å². The van der Waals surface area contributed by atoms with Crippen molar-refractivity contribution in [1.82, 2.24) is 0 Å². The molecule has 0 aromatic carbocycles. The zero-order valence-corrected chi connectivity index (χ0v) is 11.1. The predicted molar refractivity (Wildman–Crippen MR) is 51.0 cm³/mol. The van der Waals surface area contributed by atoms with Crippen molar-refractivity contribution in [2.45, 2.75) is 21.4 Å². The molecule has 0 saturated carbocycles. The van der Waals surface area contributed by atoms with Gasteiger partial charge in [0.05, 0.1) is 7.50 Å². The van der Waals surface area contributed by atoms with Gasteiger partial charge in [0.15, 0.2) is 0 Å². The van der Waals surface area contributed by atoms with E-state index in [1.165, 1.54) is 0 Å². The van der Waals surface area contributed by atoms with Crippen molar-refractivity contribution in [3.05, 3.63) is 0 Å². The summed E-state index contributed by atoms with van der Waals surface area (Å²) in [6.07, 6.45) is 2.15. The van der Waals surface area contributed by atoms with Crippen LogP contribution < -0.4 is 0 Å². The Morgan fingerprint density at radius 2 is 1.30 bits per heavy atom. The van der Waals surface area contributed by atoms with E-state index in [1.54, 1.807) is 0 Å². The summed E-state index contributed by atoms with van der Waals surface area (Å²) >= 11 is 5.38. The first-order chi connectivity index (χ1) is 4.36. The Balaban J connectivity index is 2.88. The number of rotatable bonds is 0. The van der Waals surface area contributed by atoms with Crippen LogP contribution in [0.15, 0.2) is 0 Å². The first-order valence-corrected chi connectivity index (χ1v) is 7.54. The molecular formula is C4H4SSi5. The molecule has 1 fully saturated rings. The van der Waals surface area contributed by atoms with Crippen LogP contribution in [-0.2, 0) is 0 Å². The van der Waals surface area contributed by atoms with Crippen molar-refractivity contribution in [3.8, 4) is 0 Å². The van der Waals surface area contributed by atoms with Gasteiger partial charge in [-0.25, -0.2) is 0 Å². The second kappa shape index (κ2) is 2.66. The van der Waals surface area contributed by atoms with Gasteiger partial charge >= 0.3 is 0 Å². The second-order valence-corrected chi connectivity index (χ2v) is 12.6. The van der Waals surface area contributed by atoms with Crippen LogP contribution >= 0.6 is 11.6 Å². The fourth-order valence-corrected chi connectivity index (χ4v) is 7.57. The van der Waals surface area contributed by atoms with Crippen molar-refractivity contribution < 1.29 is 0 Å².